The topological polar surface area (TPSA) is 99.2 Å². The number of aryl methyl sites for hydroxylation is 1. The van der Waals surface area contributed by atoms with Crippen molar-refractivity contribution in [3.63, 3.8) is 0 Å². The van der Waals surface area contributed by atoms with Gasteiger partial charge in [-0.1, -0.05) is 6.07 Å². The van der Waals surface area contributed by atoms with Crippen molar-refractivity contribution in [1.29, 1.82) is 0 Å². The van der Waals surface area contributed by atoms with E-state index in [9.17, 15) is 18.3 Å². The van der Waals surface area contributed by atoms with E-state index in [1.165, 1.54) is 6.07 Å². The van der Waals surface area contributed by atoms with Gasteiger partial charge in [0, 0.05) is 16.5 Å². The molecule has 1 N–H and O–H groups in total. The maximum absolute atomic E-state index is 12.0. The first-order valence-electron chi connectivity index (χ1n) is 7.02. The second kappa shape index (κ2) is 6.31. The van der Waals surface area contributed by atoms with Crippen LogP contribution < -0.4 is 9.83 Å². The standard InChI is InChI=1S/C16H14N2O4S2/c1-10-6-7-17-13-3-2-11(8-12(10)13)14-4-5-16(23-14)24(21,22)18-9-15(19)20/h2-8,18H,9H2,1H3,(H,19,20)/p-1. The largest absolute Gasteiger partial charge is 0.549 e. The van der Waals surface area contributed by atoms with E-state index < -0.39 is 22.5 Å². The van der Waals surface area contributed by atoms with Crippen LogP contribution in [0.3, 0.4) is 0 Å². The van der Waals surface area contributed by atoms with Crippen LogP contribution in [0.15, 0.2) is 46.8 Å². The third kappa shape index (κ3) is 3.30. The summed E-state index contributed by atoms with van der Waals surface area (Å²) < 4.78 is 26.1. The fourth-order valence-corrected chi connectivity index (χ4v) is 4.60. The summed E-state index contributed by atoms with van der Waals surface area (Å²) in [6, 6.07) is 10.8. The van der Waals surface area contributed by atoms with Crippen LogP contribution in [0.25, 0.3) is 21.3 Å². The van der Waals surface area contributed by atoms with Gasteiger partial charge in [-0.3, -0.25) is 4.98 Å². The summed E-state index contributed by atoms with van der Waals surface area (Å²) in [6.45, 7) is 1.23. The third-order valence-electron chi connectivity index (χ3n) is 3.50. The van der Waals surface area contributed by atoms with Gasteiger partial charge in [0.05, 0.1) is 18.0 Å². The molecule has 0 saturated carbocycles. The van der Waals surface area contributed by atoms with Gasteiger partial charge in [0.1, 0.15) is 4.21 Å². The number of rotatable bonds is 5. The van der Waals surface area contributed by atoms with Gasteiger partial charge < -0.3 is 9.90 Å². The zero-order chi connectivity index (χ0) is 17.3. The van der Waals surface area contributed by atoms with E-state index >= 15 is 0 Å². The fourth-order valence-electron chi connectivity index (χ4n) is 2.28. The van der Waals surface area contributed by atoms with Gasteiger partial charge in [0.25, 0.3) is 0 Å². The molecule has 3 rings (SSSR count). The van der Waals surface area contributed by atoms with Gasteiger partial charge in [-0.2, -0.15) is 0 Å². The highest BCUT2D eigenvalue weighted by atomic mass is 32.2. The molecular weight excluding hydrogens is 348 g/mol. The lowest BCUT2D eigenvalue weighted by atomic mass is 10.1. The monoisotopic (exact) mass is 361 g/mol. The van der Waals surface area contributed by atoms with Crippen LogP contribution in [-0.2, 0) is 14.8 Å². The third-order valence-corrected chi connectivity index (χ3v) is 6.52. The first-order valence-corrected chi connectivity index (χ1v) is 9.32. The number of carbonyl (C=O) groups excluding carboxylic acids is 1. The van der Waals surface area contributed by atoms with Crippen molar-refractivity contribution in [1.82, 2.24) is 9.71 Å². The van der Waals surface area contributed by atoms with Crippen LogP contribution in [0.4, 0.5) is 0 Å². The predicted molar refractivity (Wildman–Crippen MR) is 90.0 cm³/mol. The number of carbonyl (C=O) groups is 1. The van der Waals surface area contributed by atoms with E-state index in [0.29, 0.717) is 0 Å². The summed E-state index contributed by atoms with van der Waals surface area (Å²) in [5.41, 5.74) is 2.84. The lowest BCUT2D eigenvalue weighted by Crippen LogP contribution is -2.37. The SMILES string of the molecule is Cc1ccnc2ccc(-c3ccc(S(=O)(=O)NCC(=O)[O-])s3)cc12. The Hall–Kier alpha value is -2.29. The number of pyridine rings is 1. The molecule has 0 unspecified atom stereocenters. The van der Waals surface area contributed by atoms with Crippen molar-refractivity contribution < 1.29 is 18.3 Å². The molecule has 0 saturated heterocycles. The Bertz CT molecular complexity index is 1030. The Morgan fingerprint density at radius 3 is 2.79 bits per heavy atom. The first kappa shape index (κ1) is 16.6. The summed E-state index contributed by atoms with van der Waals surface area (Å²) in [4.78, 5) is 15.5. The van der Waals surface area contributed by atoms with Gasteiger partial charge in [0.2, 0.25) is 10.0 Å². The second-order valence-electron chi connectivity index (χ2n) is 5.18. The molecule has 0 fully saturated rings. The maximum atomic E-state index is 12.0. The highest BCUT2D eigenvalue weighted by molar-refractivity contribution is 7.91. The number of carboxylic acids is 1. The zero-order valence-corrected chi connectivity index (χ0v) is 14.3. The van der Waals surface area contributed by atoms with E-state index in [1.807, 2.05) is 35.9 Å². The molecule has 0 aliphatic heterocycles. The Kier molecular flexibility index (Phi) is 4.35. The second-order valence-corrected chi connectivity index (χ2v) is 8.25. The smallest absolute Gasteiger partial charge is 0.250 e. The predicted octanol–water partition coefficient (Wildman–Crippen LogP) is 1.30. The highest BCUT2D eigenvalue weighted by Crippen LogP contribution is 2.32. The number of aromatic nitrogens is 1. The summed E-state index contributed by atoms with van der Waals surface area (Å²) >= 11 is 1.07. The minimum atomic E-state index is -3.86. The van der Waals surface area contributed by atoms with Crippen molar-refractivity contribution in [2.75, 3.05) is 6.54 Å². The summed E-state index contributed by atoms with van der Waals surface area (Å²) in [7, 11) is -3.86. The number of fused-ring (bicyclic) bond motifs is 1. The van der Waals surface area contributed by atoms with E-state index in [1.54, 1.807) is 12.3 Å². The molecule has 0 spiro atoms. The minimum absolute atomic E-state index is 0.0572. The van der Waals surface area contributed by atoms with Crippen molar-refractivity contribution >= 4 is 38.2 Å². The fraction of sp³-hybridized carbons (Fsp3) is 0.125. The summed E-state index contributed by atoms with van der Waals surface area (Å²) in [5, 5.41) is 11.4. The molecule has 6 nitrogen and oxygen atoms in total. The number of sulfonamides is 1. The zero-order valence-electron chi connectivity index (χ0n) is 12.6. The van der Waals surface area contributed by atoms with E-state index in [2.05, 4.69) is 4.98 Å². The Balaban J connectivity index is 1.96. The Morgan fingerprint density at radius 2 is 2.04 bits per heavy atom. The average Bonchev–Trinajstić information content (AvgIpc) is 3.04. The van der Waals surface area contributed by atoms with Gasteiger partial charge >= 0.3 is 0 Å². The molecule has 0 bridgehead atoms. The molecule has 0 aliphatic rings. The molecule has 0 amide bonds. The van der Waals surface area contributed by atoms with E-state index in [4.69, 9.17) is 0 Å². The molecule has 2 heterocycles. The summed E-state index contributed by atoms with van der Waals surface area (Å²) in [6.07, 6.45) is 1.75. The van der Waals surface area contributed by atoms with E-state index in [0.717, 1.165) is 38.2 Å². The molecule has 8 heteroatoms. The van der Waals surface area contributed by atoms with Crippen molar-refractivity contribution in [3.05, 3.63) is 48.2 Å². The van der Waals surface area contributed by atoms with Crippen LogP contribution in [0.1, 0.15) is 5.56 Å². The normalized spacial score (nSPS) is 11.7. The van der Waals surface area contributed by atoms with Crippen LogP contribution >= 0.6 is 11.3 Å². The first-order chi connectivity index (χ1) is 11.4. The quantitative estimate of drug-likeness (QED) is 0.738. The molecule has 2 aromatic heterocycles. The van der Waals surface area contributed by atoms with Gasteiger partial charge in [0.15, 0.2) is 0 Å². The van der Waals surface area contributed by atoms with Crippen LogP contribution in [0.2, 0.25) is 0 Å². The molecule has 0 radical (unpaired) electrons. The van der Waals surface area contributed by atoms with Crippen LogP contribution in [0.5, 0.6) is 0 Å². The maximum Gasteiger partial charge on any atom is 0.250 e. The Morgan fingerprint density at radius 1 is 1.25 bits per heavy atom. The summed E-state index contributed by atoms with van der Waals surface area (Å²) in [5.74, 6) is -1.48. The molecule has 1 aromatic carbocycles. The highest BCUT2D eigenvalue weighted by Gasteiger charge is 2.17. The number of hydrogen-bond acceptors (Lipinski definition) is 6. The van der Waals surface area contributed by atoms with Gasteiger partial charge in [-0.25, -0.2) is 13.1 Å². The van der Waals surface area contributed by atoms with Crippen LogP contribution in [0, 0.1) is 6.92 Å². The van der Waals surface area contributed by atoms with Crippen molar-refractivity contribution in [3.8, 4) is 10.4 Å². The average molecular weight is 361 g/mol. The number of nitrogens with one attached hydrogen (secondary N) is 1. The number of benzene rings is 1. The Labute approximate surface area is 142 Å². The lowest BCUT2D eigenvalue weighted by Gasteiger charge is -2.05. The van der Waals surface area contributed by atoms with Crippen LogP contribution in [-0.4, -0.2) is 25.9 Å². The number of aliphatic carboxylic acids is 1. The molecular formula is C16H13N2O4S2-. The number of thiophene rings is 1. The van der Waals surface area contributed by atoms with Crippen molar-refractivity contribution in [2.45, 2.75) is 11.1 Å². The molecule has 3 aromatic rings. The van der Waals surface area contributed by atoms with E-state index in [-0.39, 0.29) is 4.21 Å². The molecule has 124 valence electrons. The van der Waals surface area contributed by atoms with Gasteiger partial charge in [-0.05, 0) is 48.4 Å². The minimum Gasteiger partial charge on any atom is -0.549 e. The number of nitrogens with zero attached hydrogens (tertiary/aromatic N) is 1. The number of carboxylic acid groups (broad SMARTS) is 1. The lowest BCUT2D eigenvalue weighted by molar-refractivity contribution is -0.303. The number of hydrogen-bond donors (Lipinski definition) is 1. The van der Waals surface area contributed by atoms with Crippen molar-refractivity contribution in [2.24, 2.45) is 0 Å². The molecule has 0 aliphatic carbocycles. The molecule has 0 atom stereocenters. The molecule has 24 heavy (non-hydrogen) atoms. The van der Waals surface area contributed by atoms with Gasteiger partial charge in [-0.15, -0.1) is 11.3 Å².